The molecule has 2 heterocycles. The Kier molecular flexibility index (Phi) is 4.86. The number of rotatable bonds is 6. The average Bonchev–Trinajstić information content (AvgIpc) is 3.07. The van der Waals surface area contributed by atoms with Crippen LogP contribution >= 0.6 is 0 Å². The highest BCUT2D eigenvalue weighted by Gasteiger charge is 2.26. The molecule has 1 aliphatic heterocycles. The second-order valence-corrected chi connectivity index (χ2v) is 8.09. The molecule has 0 saturated heterocycles. The number of nitrogens with one attached hydrogen (secondary N) is 2. The average molecular weight is 349 g/mol. The fraction of sp³-hybridized carbons (Fsp3) is 0.500. The Hall–Kier alpha value is -1.93. The van der Waals surface area contributed by atoms with E-state index in [2.05, 4.69) is 20.5 Å². The highest BCUT2D eigenvalue weighted by molar-refractivity contribution is 7.89. The minimum atomic E-state index is -3.14. The van der Waals surface area contributed by atoms with Crippen LogP contribution in [0.4, 0.5) is 5.69 Å². The fourth-order valence-electron chi connectivity index (χ4n) is 2.92. The number of hydrogen-bond donors (Lipinski definition) is 2. The molecule has 0 unspecified atom stereocenters. The monoisotopic (exact) mass is 349 g/mol. The maximum atomic E-state index is 12.1. The van der Waals surface area contributed by atoms with Crippen LogP contribution < -0.4 is 5.32 Å². The Morgan fingerprint density at radius 3 is 2.88 bits per heavy atom. The first-order valence-electron chi connectivity index (χ1n) is 8.26. The van der Waals surface area contributed by atoms with Gasteiger partial charge in [0.05, 0.1) is 12.3 Å². The van der Waals surface area contributed by atoms with Gasteiger partial charge in [0.25, 0.3) is 0 Å². The minimum Gasteiger partial charge on any atom is -0.378 e. The van der Waals surface area contributed by atoms with Gasteiger partial charge in [-0.2, -0.15) is 9.40 Å². The number of H-pyrrole nitrogens is 1. The number of fused-ring (bicyclic) bond motifs is 1. The first-order chi connectivity index (χ1) is 11.5. The van der Waals surface area contributed by atoms with Crippen LogP contribution in [0.1, 0.15) is 36.6 Å². The van der Waals surface area contributed by atoms with Crippen molar-refractivity contribution in [2.24, 2.45) is 0 Å². The van der Waals surface area contributed by atoms with Crippen molar-refractivity contribution in [1.82, 2.24) is 19.5 Å². The lowest BCUT2D eigenvalue weighted by Crippen LogP contribution is -2.37. The summed E-state index contributed by atoms with van der Waals surface area (Å²) in [6.07, 6.45) is 1.52. The number of sulfonamides is 1. The van der Waals surface area contributed by atoms with Gasteiger partial charge in [0.2, 0.25) is 10.0 Å². The predicted molar refractivity (Wildman–Crippen MR) is 93.1 cm³/mol. The van der Waals surface area contributed by atoms with E-state index in [9.17, 15) is 8.42 Å². The van der Waals surface area contributed by atoms with Crippen LogP contribution in [-0.4, -0.2) is 40.2 Å². The van der Waals surface area contributed by atoms with E-state index in [4.69, 9.17) is 0 Å². The SMILES string of the molecule is CCc1n[nH]c(CNc2cccc3c2CCN(S(=O)(=O)CC)C3)n1. The molecule has 0 radical (unpaired) electrons. The lowest BCUT2D eigenvalue weighted by Gasteiger charge is -2.29. The van der Waals surface area contributed by atoms with Crippen LogP contribution in [0.25, 0.3) is 0 Å². The predicted octanol–water partition coefficient (Wildman–Crippen LogP) is 1.69. The number of nitrogens with zero attached hydrogens (tertiary/aromatic N) is 3. The third-order valence-corrected chi connectivity index (χ3v) is 6.16. The van der Waals surface area contributed by atoms with Crippen molar-refractivity contribution < 1.29 is 8.42 Å². The normalized spacial score (nSPS) is 15.2. The molecule has 2 aromatic rings. The van der Waals surface area contributed by atoms with E-state index in [1.807, 2.05) is 25.1 Å². The first kappa shape index (κ1) is 16.9. The minimum absolute atomic E-state index is 0.144. The fourth-order valence-corrected chi connectivity index (χ4v) is 3.99. The van der Waals surface area contributed by atoms with Crippen LogP contribution in [0.3, 0.4) is 0 Å². The summed E-state index contributed by atoms with van der Waals surface area (Å²) < 4.78 is 25.7. The lowest BCUT2D eigenvalue weighted by atomic mass is 9.99. The largest absolute Gasteiger partial charge is 0.378 e. The zero-order chi connectivity index (χ0) is 17.2. The van der Waals surface area contributed by atoms with E-state index in [0.717, 1.165) is 29.3 Å². The summed E-state index contributed by atoms with van der Waals surface area (Å²) >= 11 is 0. The summed E-state index contributed by atoms with van der Waals surface area (Å²) in [5, 5.41) is 10.5. The van der Waals surface area contributed by atoms with Crippen molar-refractivity contribution >= 4 is 15.7 Å². The Balaban J connectivity index is 1.74. The number of hydrogen-bond acceptors (Lipinski definition) is 5. The molecular weight excluding hydrogens is 326 g/mol. The molecular formula is C16H23N5O2S. The highest BCUT2D eigenvalue weighted by atomic mass is 32.2. The molecule has 1 aliphatic rings. The molecule has 7 nitrogen and oxygen atoms in total. The molecule has 130 valence electrons. The van der Waals surface area contributed by atoms with Crippen molar-refractivity contribution in [2.75, 3.05) is 17.6 Å². The van der Waals surface area contributed by atoms with E-state index in [1.54, 1.807) is 11.2 Å². The summed E-state index contributed by atoms with van der Waals surface area (Å²) in [5.74, 6) is 1.75. The first-order valence-corrected chi connectivity index (χ1v) is 9.87. The quantitative estimate of drug-likeness (QED) is 0.828. The van der Waals surface area contributed by atoms with Gasteiger partial charge in [0.1, 0.15) is 5.82 Å². The molecule has 0 fully saturated rings. The summed E-state index contributed by atoms with van der Waals surface area (Å²) in [5.41, 5.74) is 3.29. The highest BCUT2D eigenvalue weighted by Crippen LogP contribution is 2.27. The van der Waals surface area contributed by atoms with Gasteiger partial charge in [-0.15, -0.1) is 0 Å². The molecule has 0 bridgehead atoms. The molecule has 0 aliphatic carbocycles. The molecule has 0 spiro atoms. The lowest BCUT2D eigenvalue weighted by molar-refractivity contribution is 0.392. The van der Waals surface area contributed by atoms with Gasteiger partial charge in [0, 0.05) is 25.2 Å². The number of aryl methyl sites for hydroxylation is 1. The van der Waals surface area contributed by atoms with Gasteiger partial charge < -0.3 is 5.32 Å². The van der Waals surface area contributed by atoms with Crippen LogP contribution in [0, 0.1) is 0 Å². The maximum Gasteiger partial charge on any atom is 0.214 e. The molecule has 1 aromatic heterocycles. The van der Waals surface area contributed by atoms with E-state index in [0.29, 0.717) is 26.1 Å². The van der Waals surface area contributed by atoms with Crippen molar-refractivity contribution in [1.29, 1.82) is 0 Å². The Bertz CT molecular complexity index is 816. The molecule has 8 heteroatoms. The third kappa shape index (κ3) is 3.44. The molecule has 1 aromatic carbocycles. The Morgan fingerprint density at radius 2 is 2.17 bits per heavy atom. The van der Waals surface area contributed by atoms with Gasteiger partial charge >= 0.3 is 0 Å². The summed E-state index contributed by atoms with van der Waals surface area (Å²) in [7, 11) is -3.14. The van der Waals surface area contributed by atoms with Gasteiger partial charge in [-0.3, -0.25) is 5.10 Å². The van der Waals surface area contributed by atoms with Crippen molar-refractivity contribution in [3.05, 3.63) is 41.0 Å². The third-order valence-electron chi connectivity index (χ3n) is 4.33. The number of aromatic nitrogens is 3. The molecule has 24 heavy (non-hydrogen) atoms. The molecule has 3 rings (SSSR count). The topological polar surface area (TPSA) is 91.0 Å². The van der Waals surface area contributed by atoms with E-state index in [1.165, 1.54) is 5.56 Å². The van der Waals surface area contributed by atoms with E-state index >= 15 is 0 Å². The van der Waals surface area contributed by atoms with Crippen LogP contribution in [0.2, 0.25) is 0 Å². The summed E-state index contributed by atoms with van der Waals surface area (Å²) in [6.45, 7) is 5.25. The number of aromatic amines is 1. The van der Waals surface area contributed by atoms with E-state index < -0.39 is 10.0 Å². The van der Waals surface area contributed by atoms with E-state index in [-0.39, 0.29) is 5.75 Å². The summed E-state index contributed by atoms with van der Waals surface area (Å²) in [4.78, 5) is 4.39. The Morgan fingerprint density at radius 1 is 1.33 bits per heavy atom. The second kappa shape index (κ2) is 6.90. The second-order valence-electron chi connectivity index (χ2n) is 5.83. The molecule has 0 saturated carbocycles. The van der Waals surface area contributed by atoms with Crippen molar-refractivity contribution in [3.8, 4) is 0 Å². The van der Waals surface area contributed by atoms with Crippen LogP contribution in [-0.2, 0) is 36.0 Å². The van der Waals surface area contributed by atoms with Gasteiger partial charge in [0.15, 0.2) is 5.82 Å². The maximum absolute atomic E-state index is 12.1. The van der Waals surface area contributed by atoms with Crippen LogP contribution in [0.5, 0.6) is 0 Å². The van der Waals surface area contributed by atoms with Crippen LogP contribution in [0.15, 0.2) is 18.2 Å². The summed E-state index contributed by atoms with van der Waals surface area (Å²) in [6, 6.07) is 5.99. The smallest absolute Gasteiger partial charge is 0.214 e. The zero-order valence-electron chi connectivity index (χ0n) is 14.0. The van der Waals surface area contributed by atoms with Gasteiger partial charge in [-0.05, 0) is 30.5 Å². The molecule has 2 N–H and O–H groups in total. The molecule has 0 amide bonds. The standard InChI is InChI=1S/C16H23N5O2S/c1-3-15-18-16(20-19-15)10-17-14-7-5-6-12-11-21(9-8-13(12)14)24(22,23)4-2/h5-7,17H,3-4,8-11H2,1-2H3,(H,18,19,20). The zero-order valence-corrected chi connectivity index (χ0v) is 14.9. The van der Waals surface area contributed by atoms with Gasteiger partial charge in [-0.1, -0.05) is 19.1 Å². The number of anilines is 1. The Labute approximate surface area is 142 Å². The number of benzene rings is 1. The van der Waals surface area contributed by atoms with Crippen molar-refractivity contribution in [3.63, 3.8) is 0 Å². The van der Waals surface area contributed by atoms with Crippen molar-refractivity contribution in [2.45, 2.75) is 39.8 Å². The van der Waals surface area contributed by atoms with Gasteiger partial charge in [-0.25, -0.2) is 13.4 Å². The molecule has 0 atom stereocenters.